The summed E-state index contributed by atoms with van der Waals surface area (Å²) in [7, 11) is 0. The van der Waals surface area contributed by atoms with Crippen LogP contribution >= 0.6 is 0 Å². The quantitative estimate of drug-likeness (QED) is 0.728. The molecule has 1 saturated heterocycles. The smallest absolute Gasteiger partial charge is 0.253 e. The summed E-state index contributed by atoms with van der Waals surface area (Å²) in [6.45, 7) is 4.76. The first-order valence-corrected chi connectivity index (χ1v) is 10.6. The van der Waals surface area contributed by atoms with Crippen molar-refractivity contribution in [2.45, 2.75) is 31.8 Å². The van der Waals surface area contributed by atoms with E-state index in [1.54, 1.807) is 0 Å². The van der Waals surface area contributed by atoms with E-state index in [9.17, 15) is 4.79 Å². The summed E-state index contributed by atoms with van der Waals surface area (Å²) in [5, 5.41) is 3.78. The minimum Gasteiger partial charge on any atom is -0.494 e. The molecule has 1 spiro atoms. The lowest BCUT2D eigenvalue weighted by atomic mass is 9.86. The van der Waals surface area contributed by atoms with E-state index in [4.69, 9.17) is 9.72 Å². The van der Waals surface area contributed by atoms with E-state index in [0.29, 0.717) is 25.3 Å². The lowest BCUT2D eigenvalue weighted by Crippen LogP contribution is -2.52. The Balaban J connectivity index is 1.35. The molecule has 1 aromatic heterocycles. The molecule has 0 atom stereocenters. The topological polar surface area (TPSA) is 59.4 Å². The van der Waals surface area contributed by atoms with Crippen LogP contribution in [0.1, 0.15) is 41.5 Å². The number of aromatic nitrogens is 2. The maximum Gasteiger partial charge on any atom is 0.253 e. The van der Waals surface area contributed by atoms with E-state index < -0.39 is 0 Å². The largest absolute Gasteiger partial charge is 0.494 e. The molecule has 0 unspecified atom stereocenters. The number of amides is 1. The van der Waals surface area contributed by atoms with Gasteiger partial charge in [-0.1, -0.05) is 18.2 Å². The minimum absolute atomic E-state index is 0.0770. The molecule has 0 bridgehead atoms. The van der Waals surface area contributed by atoms with Gasteiger partial charge in [-0.05, 0) is 55.7 Å². The Morgan fingerprint density at radius 1 is 1.13 bits per heavy atom. The normalized spacial score (nSPS) is 17.2. The molecule has 6 heteroatoms. The van der Waals surface area contributed by atoms with Gasteiger partial charge in [0.1, 0.15) is 11.6 Å². The van der Waals surface area contributed by atoms with Crippen LogP contribution in [0.4, 0.5) is 0 Å². The highest BCUT2D eigenvalue weighted by Crippen LogP contribution is 2.37. The van der Waals surface area contributed by atoms with Gasteiger partial charge in [-0.3, -0.25) is 4.79 Å². The number of nitrogens with one attached hydrogen (secondary N) is 1. The van der Waals surface area contributed by atoms with Crippen molar-refractivity contribution in [2.75, 3.05) is 19.7 Å². The monoisotopic (exact) mass is 402 g/mol. The van der Waals surface area contributed by atoms with Crippen LogP contribution in [0.2, 0.25) is 0 Å². The lowest BCUT2D eigenvalue weighted by molar-refractivity contribution is 0.0626. The number of ether oxygens (including phenoxy) is 1. The van der Waals surface area contributed by atoms with E-state index in [1.165, 1.54) is 11.3 Å². The van der Waals surface area contributed by atoms with Gasteiger partial charge in [0.2, 0.25) is 0 Å². The Hall–Kier alpha value is -3.12. The Bertz CT molecular complexity index is 1050. The number of likely N-dealkylation sites (tertiary alicyclic amines) is 1. The number of benzene rings is 2. The average molecular weight is 402 g/mol. The molecule has 6 nitrogen and oxygen atoms in total. The van der Waals surface area contributed by atoms with E-state index in [2.05, 4.69) is 34.1 Å². The van der Waals surface area contributed by atoms with Crippen LogP contribution in [-0.2, 0) is 12.1 Å². The Morgan fingerprint density at radius 2 is 1.90 bits per heavy atom. The molecule has 0 saturated carbocycles. The van der Waals surface area contributed by atoms with E-state index in [1.807, 2.05) is 48.5 Å². The molecule has 2 aliphatic heterocycles. The first kappa shape index (κ1) is 18.9. The van der Waals surface area contributed by atoms with Crippen molar-refractivity contribution in [1.82, 2.24) is 19.8 Å². The Morgan fingerprint density at radius 3 is 2.67 bits per heavy atom. The van der Waals surface area contributed by atoms with E-state index >= 15 is 0 Å². The van der Waals surface area contributed by atoms with Gasteiger partial charge in [-0.25, -0.2) is 4.98 Å². The molecule has 2 aromatic carbocycles. The molecule has 30 heavy (non-hydrogen) atoms. The van der Waals surface area contributed by atoms with Crippen LogP contribution in [0.3, 0.4) is 0 Å². The Labute approximate surface area is 176 Å². The number of carbonyl (C=O) groups excluding carboxylic acids is 1. The first-order valence-electron chi connectivity index (χ1n) is 10.6. The van der Waals surface area contributed by atoms with Gasteiger partial charge in [0.25, 0.3) is 5.91 Å². The summed E-state index contributed by atoms with van der Waals surface area (Å²) in [6.07, 6.45) is 5.58. The number of para-hydroxylation sites is 1. The zero-order valence-electron chi connectivity index (χ0n) is 17.2. The zero-order chi connectivity index (χ0) is 20.6. The molecule has 1 N–H and O–H groups in total. The summed E-state index contributed by atoms with van der Waals surface area (Å²) in [5.74, 6) is 1.91. The third-order valence-corrected chi connectivity index (χ3v) is 6.25. The summed E-state index contributed by atoms with van der Waals surface area (Å²) >= 11 is 0. The predicted molar refractivity (Wildman–Crippen MR) is 115 cm³/mol. The average Bonchev–Trinajstić information content (AvgIpc) is 3.25. The summed E-state index contributed by atoms with van der Waals surface area (Å²) < 4.78 is 7.69. The predicted octanol–water partition coefficient (Wildman–Crippen LogP) is 3.51. The molecule has 3 aromatic rings. The van der Waals surface area contributed by atoms with Crippen molar-refractivity contribution in [3.63, 3.8) is 0 Å². The van der Waals surface area contributed by atoms with Gasteiger partial charge >= 0.3 is 0 Å². The molecule has 1 amide bonds. The highest BCUT2D eigenvalue weighted by molar-refractivity contribution is 5.94. The molecule has 3 heterocycles. The van der Waals surface area contributed by atoms with Crippen LogP contribution in [0.15, 0.2) is 60.9 Å². The van der Waals surface area contributed by atoms with Crippen molar-refractivity contribution < 1.29 is 9.53 Å². The molecule has 1 fully saturated rings. The van der Waals surface area contributed by atoms with E-state index in [-0.39, 0.29) is 11.4 Å². The highest BCUT2D eigenvalue weighted by Gasteiger charge is 2.42. The van der Waals surface area contributed by atoms with Crippen LogP contribution in [0, 0.1) is 0 Å². The van der Waals surface area contributed by atoms with Gasteiger partial charge in [0, 0.05) is 37.6 Å². The van der Waals surface area contributed by atoms with Crippen molar-refractivity contribution in [1.29, 1.82) is 0 Å². The number of carbonyl (C=O) groups is 1. The third-order valence-electron chi connectivity index (χ3n) is 6.25. The maximum absolute atomic E-state index is 13.0. The summed E-state index contributed by atoms with van der Waals surface area (Å²) in [4.78, 5) is 19.7. The fraction of sp³-hybridized carbons (Fsp3) is 0.333. The van der Waals surface area contributed by atoms with Crippen molar-refractivity contribution in [2.24, 2.45) is 0 Å². The van der Waals surface area contributed by atoms with Crippen LogP contribution in [0.25, 0.3) is 5.69 Å². The van der Waals surface area contributed by atoms with Gasteiger partial charge in [0.15, 0.2) is 0 Å². The highest BCUT2D eigenvalue weighted by atomic mass is 16.5. The number of hydrogen-bond donors (Lipinski definition) is 1. The second-order valence-corrected chi connectivity index (χ2v) is 7.93. The van der Waals surface area contributed by atoms with Crippen LogP contribution in [0.5, 0.6) is 5.75 Å². The number of imidazole rings is 1. The fourth-order valence-corrected chi connectivity index (χ4v) is 4.63. The number of rotatable bonds is 3. The maximum atomic E-state index is 13.0. The number of nitrogens with zero attached hydrogens (tertiary/aromatic N) is 3. The molecule has 5 rings (SSSR count). The van der Waals surface area contributed by atoms with Crippen LogP contribution < -0.4 is 10.1 Å². The van der Waals surface area contributed by atoms with Gasteiger partial charge in [-0.2, -0.15) is 0 Å². The van der Waals surface area contributed by atoms with Gasteiger partial charge in [0.05, 0.1) is 17.8 Å². The zero-order valence-corrected chi connectivity index (χ0v) is 17.2. The third kappa shape index (κ3) is 3.17. The minimum atomic E-state index is -0.224. The molecular formula is C24H26N4O2. The first-order chi connectivity index (χ1) is 14.7. The molecule has 154 valence electrons. The SMILES string of the molecule is CCOc1ccc(C(=O)N2CCC3(CC2)NCc2ccccc2-n2ccnc23)cc1. The van der Waals surface area contributed by atoms with Gasteiger partial charge < -0.3 is 19.5 Å². The van der Waals surface area contributed by atoms with Crippen molar-refractivity contribution in [3.05, 3.63) is 77.9 Å². The standard InChI is InChI=1S/C24H26N4O2/c1-2-30-20-9-7-18(8-10-20)22(29)27-14-11-24(12-15-27)23-25-13-16-28(23)21-6-4-3-5-19(21)17-26-24/h3-10,13,16,26H,2,11-12,14-15,17H2,1H3. The summed E-state index contributed by atoms with van der Waals surface area (Å²) in [6, 6.07) is 15.9. The number of piperidine rings is 1. The van der Waals surface area contributed by atoms with Crippen LogP contribution in [-0.4, -0.2) is 40.1 Å². The molecule has 0 radical (unpaired) electrons. The lowest BCUT2D eigenvalue weighted by Gasteiger charge is -2.41. The second-order valence-electron chi connectivity index (χ2n) is 7.93. The van der Waals surface area contributed by atoms with Crippen molar-refractivity contribution in [3.8, 4) is 11.4 Å². The molecular weight excluding hydrogens is 376 g/mol. The Kier molecular flexibility index (Phi) is 4.79. The van der Waals surface area contributed by atoms with E-state index in [0.717, 1.165) is 31.0 Å². The number of fused-ring (bicyclic) bond motifs is 4. The number of hydrogen-bond acceptors (Lipinski definition) is 4. The molecule has 2 aliphatic rings. The second kappa shape index (κ2) is 7.61. The van der Waals surface area contributed by atoms with Crippen molar-refractivity contribution >= 4 is 5.91 Å². The summed E-state index contributed by atoms with van der Waals surface area (Å²) in [5.41, 5.74) is 2.93. The molecule has 0 aliphatic carbocycles. The fourth-order valence-electron chi connectivity index (χ4n) is 4.63. The van der Waals surface area contributed by atoms with Gasteiger partial charge in [-0.15, -0.1) is 0 Å².